The lowest BCUT2D eigenvalue weighted by Crippen LogP contribution is -1.97. The number of nitrogens with zero attached hydrogens (tertiary/aromatic N) is 2. The Bertz CT molecular complexity index is 573. The van der Waals surface area contributed by atoms with E-state index >= 15 is 0 Å². The van der Waals surface area contributed by atoms with Crippen LogP contribution in [0.1, 0.15) is 18.1 Å². The van der Waals surface area contributed by atoms with Gasteiger partial charge in [-0.3, -0.25) is 0 Å². The highest BCUT2D eigenvalue weighted by Gasteiger charge is 2.21. The molecule has 16 heavy (non-hydrogen) atoms. The predicted molar refractivity (Wildman–Crippen MR) is 67.7 cm³/mol. The molecular formula is C12H11BrN2O. The molecule has 1 aliphatic rings. The van der Waals surface area contributed by atoms with Gasteiger partial charge in [0.2, 0.25) is 0 Å². The molecule has 1 aromatic carbocycles. The zero-order valence-corrected chi connectivity index (χ0v) is 10.4. The molecule has 0 spiro atoms. The molecule has 0 amide bonds. The van der Waals surface area contributed by atoms with Gasteiger partial charge >= 0.3 is 0 Å². The summed E-state index contributed by atoms with van der Waals surface area (Å²) in [7, 11) is 2.05. The summed E-state index contributed by atoms with van der Waals surface area (Å²) in [4.78, 5) is 5.35. The topological polar surface area (TPSA) is 26.5 Å². The van der Waals surface area contributed by atoms with Gasteiger partial charge in [-0.1, -0.05) is 17.3 Å². The van der Waals surface area contributed by atoms with Gasteiger partial charge in [0.25, 0.3) is 0 Å². The Morgan fingerprint density at radius 2 is 2.31 bits per heavy atom. The number of hydrogen-bond acceptors (Lipinski definition) is 2. The Morgan fingerprint density at radius 1 is 1.44 bits per heavy atom. The minimum atomic E-state index is 0.0497. The van der Waals surface area contributed by atoms with Gasteiger partial charge in [-0.05, 0) is 39.0 Å². The smallest absolute Gasteiger partial charge is 0.158 e. The Morgan fingerprint density at radius 3 is 3.06 bits per heavy atom. The Kier molecular flexibility index (Phi) is 2.24. The molecule has 0 saturated carbocycles. The van der Waals surface area contributed by atoms with E-state index in [-0.39, 0.29) is 6.10 Å². The van der Waals surface area contributed by atoms with Gasteiger partial charge < -0.3 is 9.40 Å². The fourth-order valence-electron chi connectivity index (χ4n) is 2.01. The number of halogens is 1. The van der Waals surface area contributed by atoms with Gasteiger partial charge in [0, 0.05) is 25.2 Å². The summed E-state index contributed by atoms with van der Waals surface area (Å²) >= 11 is 3.35. The van der Waals surface area contributed by atoms with Crippen molar-refractivity contribution in [2.24, 2.45) is 12.2 Å². The molecule has 0 unspecified atom stereocenters. The summed E-state index contributed by atoms with van der Waals surface area (Å²) in [6.45, 7) is 0. The van der Waals surface area contributed by atoms with Gasteiger partial charge in [-0.2, -0.15) is 0 Å². The van der Waals surface area contributed by atoms with Crippen molar-refractivity contribution in [3.8, 4) is 0 Å². The number of hydrogen-bond donors (Lipinski definition) is 0. The minimum Gasteiger partial charge on any atom is -0.386 e. The van der Waals surface area contributed by atoms with Crippen molar-refractivity contribution in [2.45, 2.75) is 12.5 Å². The molecule has 0 saturated heterocycles. The Labute approximate surface area is 102 Å². The van der Waals surface area contributed by atoms with Crippen LogP contribution in [0.2, 0.25) is 0 Å². The van der Waals surface area contributed by atoms with Crippen LogP contribution in [0.4, 0.5) is 0 Å². The maximum Gasteiger partial charge on any atom is 0.158 e. The summed E-state index contributed by atoms with van der Waals surface area (Å²) in [6.07, 6.45) is 2.93. The van der Waals surface area contributed by atoms with E-state index in [9.17, 15) is 0 Å². The Hall–Kier alpha value is -1.29. The molecule has 82 valence electrons. The first-order valence-electron chi connectivity index (χ1n) is 5.17. The van der Waals surface area contributed by atoms with E-state index in [1.807, 2.05) is 7.05 Å². The fourth-order valence-corrected chi connectivity index (χ4v) is 2.38. The maximum atomic E-state index is 5.35. The van der Waals surface area contributed by atoms with E-state index in [1.54, 1.807) is 0 Å². The SMILES string of the molecule is Cn1ccc2ccc([C@@H]3CC(Br)=NO3)cc21. The van der Waals surface area contributed by atoms with Crippen LogP contribution in [0.3, 0.4) is 0 Å². The van der Waals surface area contributed by atoms with Gasteiger partial charge in [-0.15, -0.1) is 0 Å². The molecule has 0 radical (unpaired) electrons. The number of benzene rings is 1. The molecule has 0 fully saturated rings. The van der Waals surface area contributed by atoms with Crippen molar-refractivity contribution in [1.29, 1.82) is 0 Å². The van der Waals surface area contributed by atoms with E-state index in [2.05, 4.69) is 56.1 Å². The van der Waals surface area contributed by atoms with Crippen LogP contribution < -0.4 is 0 Å². The molecule has 2 heterocycles. The van der Waals surface area contributed by atoms with E-state index < -0.39 is 0 Å². The summed E-state index contributed by atoms with van der Waals surface area (Å²) < 4.78 is 2.99. The summed E-state index contributed by atoms with van der Waals surface area (Å²) in [5, 5.41) is 5.16. The molecular weight excluding hydrogens is 268 g/mol. The molecule has 3 nitrogen and oxygen atoms in total. The second-order valence-corrected chi connectivity index (χ2v) is 4.93. The lowest BCUT2D eigenvalue weighted by Gasteiger charge is -2.08. The molecule has 1 aromatic heterocycles. The van der Waals surface area contributed by atoms with Crippen molar-refractivity contribution >= 4 is 31.5 Å². The minimum absolute atomic E-state index is 0.0497. The van der Waals surface area contributed by atoms with Crippen LogP contribution >= 0.6 is 15.9 Å². The zero-order chi connectivity index (χ0) is 11.1. The fraction of sp³-hybridized carbons (Fsp3) is 0.250. The van der Waals surface area contributed by atoms with Crippen molar-refractivity contribution in [3.05, 3.63) is 36.0 Å². The van der Waals surface area contributed by atoms with Crippen LogP contribution in [0.5, 0.6) is 0 Å². The molecule has 2 aromatic rings. The second-order valence-electron chi connectivity index (χ2n) is 4.01. The van der Waals surface area contributed by atoms with E-state index in [0.29, 0.717) is 0 Å². The van der Waals surface area contributed by atoms with Gasteiger partial charge in [-0.25, -0.2) is 0 Å². The first-order valence-corrected chi connectivity index (χ1v) is 5.96. The molecule has 0 aliphatic carbocycles. The zero-order valence-electron chi connectivity index (χ0n) is 8.85. The van der Waals surface area contributed by atoms with Crippen LogP contribution in [-0.4, -0.2) is 9.19 Å². The lowest BCUT2D eigenvalue weighted by atomic mass is 10.1. The maximum absolute atomic E-state index is 5.35. The highest BCUT2D eigenvalue weighted by atomic mass is 79.9. The summed E-state index contributed by atoms with van der Waals surface area (Å²) in [6, 6.07) is 8.51. The van der Waals surface area contributed by atoms with E-state index in [4.69, 9.17) is 4.84 Å². The summed E-state index contributed by atoms with van der Waals surface area (Å²) in [5.74, 6) is 0. The highest BCUT2D eigenvalue weighted by Crippen LogP contribution is 2.30. The average molecular weight is 279 g/mol. The van der Waals surface area contributed by atoms with Gasteiger partial charge in [0.05, 0.1) is 0 Å². The number of aryl methyl sites for hydroxylation is 1. The van der Waals surface area contributed by atoms with Crippen LogP contribution in [-0.2, 0) is 11.9 Å². The number of fused-ring (bicyclic) bond motifs is 1. The van der Waals surface area contributed by atoms with E-state index in [1.165, 1.54) is 16.5 Å². The van der Waals surface area contributed by atoms with Crippen molar-refractivity contribution < 1.29 is 4.84 Å². The third-order valence-electron chi connectivity index (χ3n) is 2.92. The van der Waals surface area contributed by atoms with Crippen molar-refractivity contribution in [1.82, 2.24) is 4.57 Å². The molecule has 1 aliphatic heterocycles. The quantitative estimate of drug-likeness (QED) is 0.786. The first-order chi connectivity index (χ1) is 7.74. The molecule has 4 heteroatoms. The normalized spacial score (nSPS) is 19.9. The molecule has 0 N–H and O–H groups in total. The van der Waals surface area contributed by atoms with Gasteiger partial charge in [0.1, 0.15) is 4.62 Å². The first kappa shape index (κ1) is 9.90. The number of rotatable bonds is 1. The standard InChI is InChI=1S/C12H11BrN2O/c1-15-5-4-8-2-3-9(6-10(8)15)11-7-12(13)14-16-11/h2-6,11H,7H2,1H3/t11-/m0/s1. The number of oxime groups is 1. The molecule has 3 rings (SSSR count). The van der Waals surface area contributed by atoms with E-state index in [0.717, 1.165) is 11.0 Å². The lowest BCUT2D eigenvalue weighted by molar-refractivity contribution is 0.0858. The van der Waals surface area contributed by atoms with Crippen molar-refractivity contribution in [2.75, 3.05) is 0 Å². The molecule has 0 bridgehead atoms. The van der Waals surface area contributed by atoms with Crippen molar-refractivity contribution in [3.63, 3.8) is 0 Å². The van der Waals surface area contributed by atoms with Crippen LogP contribution in [0.25, 0.3) is 10.9 Å². The Balaban J connectivity index is 2.02. The summed E-state index contributed by atoms with van der Waals surface area (Å²) in [5.41, 5.74) is 2.40. The predicted octanol–water partition coefficient (Wildman–Crippen LogP) is 3.35. The largest absolute Gasteiger partial charge is 0.386 e. The van der Waals surface area contributed by atoms with Crippen LogP contribution in [0.15, 0.2) is 35.6 Å². The van der Waals surface area contributed by atoms with Gasteiger partial charge in [0.15, 0.2) is 6.10 Å². The van der Waals surface area contributed by atoms with Crippen LogP contribution in [0, 0.1) is 0 Å². The highest BCUT2D eigenvalue weighted by molar-refractivity contribution is 9.18. The third-order valence-corrected chi connectivity index (χ3v) is 3.39. The third kappa shape index (κ3) is 1.53. The second kappa shape index (κ2) is 3.63. The average Bonchev–Trinajstić information content (AvgIpc) is 2.86. The number of aromatic nitrogens is 1. The molecule has 1 atom stereocenters. The monoisotopic (exact) mass is 278 g/mol.